The van der Waals surface area contributed by atoms with Crippen molar-refractivity contribution in [2.45, 2.75) is 46.2 Å². The van der Waals surface area contributed by atoms with E-state index in [1.54, 1.807) is 29.6 Å². The predicted molar refractivity (Wildman–Crippen MR) is 115 cm³/mol. The summed E-state index contributed by atoms with van der Waals surface area (Å²) in [5.74, 6) is -0.728. The van der Waals surface area contributed by atoms with Crippen molar-refractivity contribution in [2.75, 3.05) is 11.9 Å². The van der Waals surface area contributed by atoms with Gasteiger partial charge in [-0.25, -0.2) is 4.98 Å². The second-order valence-electron chi connectivity index (χ2n) is 7.12. The number of benzene rings is 1. The van der Waals surface area contributed by atoms with Crippen LogP contribution in [0.4, 0.5) is 5.13 Å². The number of nitrogens with zero attached hydrogens (tertiary/aromatic N) is 2. The summed E-state index contributed by atoms with van der Waals surface area (Å²) in [4.78, 5) is 42.8. The van der Waals surface area contributed by atoms with Gasteiger partial charge in [0.05, 0.1) is 12.1 Å². The molecule has 0 unspecified atom stereocenters. The number of carbonyl (C=O) groups is 3. The topological polar surface area (TPSA) is 91.4 Å². The third kappa shape index (κ3) is 7.14. The first kappa shape index (κ1) is 22.8. The van der Waals surface area contributed by atoms with Crippen LogP contribution in [0.1, 0.15) is 43.7 Å². The molecule has 0 atom stereocenters. The van der Waals surface area contributed by atoms with E-state index in [0.717, 1.165) is 0 Å². The summed E-state index contributed by atoms with van der Waals surface area (Å²) < 4.78 is 0. The van der Waals surface area contributed by atoms with Crippen molar-refractivity contribution in [1.82, 2.24) is 15.2 Å². The van der Waals surface area contributed by atoms with E-state index in [0.29, 0.717) is 21.4 Å². The van der Waals surface area contributed by atoms with Gasteiger partial charge in [-0.3, -0.25) is 14.4 Å². The molecule has 0 aliphatic heterocycles. The number of nitrogens with one attached hydrogen (secondary N) is 2. The van der Waals surface area contributed by atoms with Crippen molar-refractivity contribution >= 4 is 45.8 Å². The highest BCUT2D eigenvalue weighted by atomic mass is 35.5. The Hall–Kier alpha value is -2.45. The van der Waals surface area contributed by atoms with E-state index in [4.69, 9.17) is 11.6 Å². The molecule has 0 aliphatic rings. The van der Waals surface area contributed by atoms with Crippen LogP contribution < -0.4 is 10.6 Å². The minimum atomic E-state index is -0.353. The third-order valence-electron chi connectivity index (χ3n) is 3.88. The molecule has 0 bridgehead atoms. The zero-order valence-corrected chi connectivity index (χ0v) is 18.4. The molecular formula is C20H25ClN4O3S. The highest BCUT2D eigenvalue weighted by molar-refractivity contribution is 7.13. The Morgan fingerprint density at radius 1 is 1.10 bits per heavy atom. The second-order valence-corrected chi connectivity index (χ2v) is 8.42. The summed E-state index contributed by atoms with van der Waals surface area (Å²) in [6.07, 6.45) is 0.151. The molecule has 9 heteroatoms. The van der Waals surface area contributed by atoms with Gasteiger partial charge in [-0.2, -0.15) is 0 Å². The first-order valence-corrected chi connectivity index (χ1v) is 10.5. The quantitative estimate of drug-likeness (QED) is 0.663. The summed E-state index contributed by atoms with van der Waals surface area (Å²) in [5, 5.41) is 8.16. The minimum Gasteiger partial charge on any atom is -0.354 e. The third-order valence-corrected chi connectivity index (χ3v) is 4.94. The second kappa shape index (κ2) is 10.4. The molecule has 0 saturated heterocycles. The Bertz CT molecular complexity index is 865. The number of amides is 3. The number of rotatable bonds is 8. The highest BCUT2D eigenvalue weighted by Crippen LogP contribution is 2.17. The molecule has 0 saturated carbocycles. The van der Waals surface area contributed by atoms with Gasteiger partial charge in [0.1, 0.15) is 6.54 Å². The van der Waals surface area contributed by atoms with Crippen LogP contribution in [-0.4, -0.2) is 46.2 Å². The van der Waals surface area contributed by atoms with Crippen LogP contribution in [0, 0.1) is 0 Å². The number of hydrogen-bond acceptors (Lipinski definition) is 5. The number of halogens is 1. The molecule has 2 rings (SSSR count). The zero-order valence-electron chi connectivity index (χ0n) is 16.9. The van der Waals surface area contributed by atoms with Crippen molar-refractivity contribution < 1.29 is 14.4 Å². The van der Waals surface area contributed by atoms with Gasteiger partial charge < -0.3 is 15.5 Å². The Balaban J connectivity index is 1.98. The monoisotopic (exact) mass is 436 g/mol. The Kier molecular flexibility index (Phi) is 8.16. The highest BCUT2D eigenvalue weighted by Gasteiger charge is 2.22. The molecule has 3 amide bonds. The van der Waals surface area contributed by atoms with E-state index in [-0.39, 0.29) is 42.8 Å². The Labute approximate surface area is 179 Å². The molecule has 0 spiro atoms. The average molecular weight is 437 g/mol. The fraction of sp³-hybridized carbons (Fsp3) is 0.400. The fourth-order valence-corrected chi connectivity index (χ4v) is 3.40. The smallest absolute Gasteiger partial charge is 0.254 e. The normalized spacial score (nSPS) is 10.9. The van der Waals surface area contributed by atoms with Crippen LogP contribution >= 0.6 is 22.9 Å². The SMILES string of the molecule is CC(C)NC(=O)Cc1csc(NC(=O)CN(C(=O)c2ccc(Cl)cc2)C(C)C)n1. The molecule has 0 aliphatic carbocycles. The summed E-state index contributed by atoms with van der Waals surface area (Å²) in [5.41, 5.74) is 1.05. The molecular weight excluding hydrogens is 412 g/mol. The van der Waals surface area contributed by atoms with E-state index in [2.05, 4.69) is 15.6 Å². The predicted octanol–water partition coefficient (Wildman–Crippen LogP) is 3.35. The van der Waals surface area contributed by atoms with Crippen molar-refractivity contribution in [3.8, 4) is 0 Å². The van der Waals surface area contributed by atoms with E-state index in [9.17, 15) is 14.4 Å². The summed E-state index contributed by atoms with van der Waals surface area (Å²) in [6, 6.07) is 6.43. The Morgan fingerprint density at radius 3 is 2.34 bits per heavy atom. The van der Waals surface area contributed by atoms with Crippen molar-refractivity contribution in [1.29, 1.82) is 0 Å². The van der Waals surface area contributed by atoms with Gasteiger partial charge in [0.25, 0.3) is 5.91 Å². The van der Waals surface area contributed by atoms with E-state index >= 15 is 0 Å². The summed E-state index contributed by atoms with van der Waals surface area (Å²) >= 11 is 7.11. The first-order chi connectivity index (χ1) is 13.7. The van der Waals surface area contributed by atoms with Gasteiger partial charge >= 0.3 is 0 Å². The lowest BCUT2D eigenvalue weighted by Crippen LogP contribution is -2.42. The van der Waals surface area contributed by atoms with Gasteiger partial charge in [0.2, 0.25) is 11.8 Å². The van der Waals surface area contributed by atoms with E-state index in [1.165, 1.54) is 16.2 Å². The molecule has 1 aromatic carbocycles. The van der Waals surface area contributed by atoms with Gasteiger partial charge in [0, 0.05) is 28.0 Å². The van der Waals surface area contributed by atoms with Crippen LogP contribution in [0.5, 0.6) is 0 Å². The number of anilines is 1. The lowest BCUT2D eigenvalue weighted by Gasteiger charge is -2.26. The maximum Gasteiger partial charge on any atom is 0.254 e. The molecule has 7 nitrogen and oxygen atoms in total. The lowest BCUT2D eigenvalue weighted by molar-refractivity contribution is -0.121. The van der Waals surface area contributed by atoms with Crippen LogP contribution in [0.25, 0.3) is 0 Å². The van der Waals surface area contributed by atoms with Crippen LogP contribution in [0.15, 0.2) is 29.6 Å². The van der Waals surface area contributed by atoms with Crippen molar-refractivity contribution in [3.63, 3.8) is 0 Å². The van der Waals surface area contributed by atoms with Crippen molar-refractivity contribution in [2.24, 2.45) is 0 Å². The average Bonchev–Trinajstić information content (AvgIpc) is 3.05. The van der Waals surface area contributed by atoms with Gasteiger partial charge in [-0.1, -0.05) is 11.6 Å². The van der Waals surface area contributed by atoms with Gasteiger partial charge in [-0.05, 0) is 52.0 Å². The van der Waals surface area contributed by atoms with E-state index in [1.807, 2.05) is 27.7 Å². The molecule has 0 radical (unpaired) electrons. The van der Waals surface area contributed by atoms with Crippen LogP contribution in [0.3, 0.4) is 0 Å². The number of thiazole rings is 1. The maximum atomic E-state index is 12.7. The van der Waals surface area contributed by atoms with Crippen LogP contribution in [0.2, 0.25) is 5.02 Å². The molecule has 0 fully saturated rings. The fourth-order valence-electron chi connectivity index (χ4n) is 2.54. The lowest BCUT2D eigenvalue weighted by atomic mass is 10.1. The largest absolute Gasteiger partial charge is 0.354 e. The van der Waals surface area contributed by atoms with E-state index < -0.39 is 0 Å². The molecule has 156 valence electrons. The minimum absolute atomic E-state index is 0.0560. The zero-order chi connectivity index (χ0) is 21.6. The summed E-state index contributed by atoms with van der Waals surface area (Å²) in [6.45, 7) is 7.35. The van der Waals surface area contributed by atoms with Gasteiger partial charge in [-0.15, -0.1) is 11.3 Å². The molecule has 2 aromatic rings. The maximum absolute atomic E-state index is 12.7. The molecule has 1 heterocycles. The van der Waals surface area contributed by atoms with Crippen LogP contribution in [-0.2, 0) is 16.0 Å². The molecule has 29 heavy (non-hydrogen) atoms. The Morgan fingerprint density at radius 2 is 1.76 bits per heavy atom. The first-order valence-electron chi connectivity index (χ1n) is 9.26. The standard InChI is InChI=1S/C20H25ClN4O3S/c1-12(2)22-17(26)9-16-11-29-20(23-16)24-18(27)10-25(13(3)4)19(28)14-5-7-15(21)8-6-14/h5-8,11-13H,9-10H2,1-4H3,(H,22,26)(H,23,24,27). The number of hydrogen-bond donors (Lipinski definition) is 2. The van der Waals surface area contributed by atoms with Crippen molar-refractivity contribution in [3.05, 3.63) is 45.9 Å². The van der Waals surface area contributed by atoms with Gasteiger partial charge in [0.15, 0.2) is 5.13 Å². The summed E-state index contributed by atoms with van der Waals surface area (Å²) in [7, 11) is 0. The number of carbonyl (C=O) groups excluding carboxylic acids is 3. The molecule has 1 aromatic heterocycles. The number of aromatic nitrogens is 1. The molecule has 2 N–H and O–H groups in total.